The number of hydrogen-bond acceptors (Lipinski definition) is 5. The molecule has 4 rings (SSSR count). The van der Waals surface area contributed by atoms with Crippen LogP contribution in [0.25, 0.3) is 6.08 Å². The number of thioether (sulfide) groups is 1. The van der Waals surface area contributed by atoms with Crippen LogP contribution in [0.3, 0.4) is 0 Å². The molecule has 0 bridgehead atoms. The molecule has 1 aliphatic heterocycles. The molecule has 0 N–H and O–H groups in total. The van der Waals surface area contributed by atoms with Gasteiger partial charge in [0.05, 0.1) is 17.2 Å². The first-order valence-electron chi connectivity index (χ1n) is 10.1. The number of nitrogens with zero attached hydrogens (tertiary/aromatic N) is 1. The number of hydrogen-bond donors (Lipinski definition) is 0. The Morgan fingerprint density at radius 3 is 2.42 bits per heavy atom. The Bertz CT molecular complexity index is 1230. The average molecular weight is 500 g/mol. The van der Waals surface area contributed by atoms with Gasteiger partial charge in [-0.3, -0.25) is 9.59 Å². The van der Waals surface area contributed by atoms with E-state index in [1.54, 1.807) is 42.5 Å². The van der Waals surface area contributed by atoms with E-state index in [9.17, 15) is 9.59 Å². The summed E-state index contributed by atoms with van der Waals surface area (Å²) < 4.78 is 11.7. The molecule has 0 aromatic heterocycles. The van der Waals surface area contributed by atoms with Gasteiger partial charge < -0.3 is 9.47 Å². The predicted molar refractivity (Wildman–Crippen MR) is 133 cm³/mol. The summed E-state index contributed by atoms with van der Waals surface area (Å²) in [7, 11) is 0. The van der Waals surface area contributed by atoms with E-state index in [1.165, 1.54) is 0 Å². The fraction of sp³-hybridized carbons (Fsp3) is 0.120. The molecule has 0 saturated carbocycles. The fourth-order valence-electron chi connectivity index (χ4n) is 3.20. The van der Waals surface area contributed by atoms with Gasteiger partial charge in [0.2, 0.25) is 0 Å². The predicted octanol–water partition coefficient (Wildman–Crippen LogP) is 7.21. The highest BCUT2D eigenvalue weighted by molar-refractivity contribution is 8.19. The number of amides is 2. The fourth-order valence-corrected chi connectivity index (χ4v) is 4.35. The zero-order chi connectivity index (χ0) is 23.4. The summed E-state index contributed by atoms with van der Waals surface area (Å²) in [6.07, 6.45) is 1.67. The Hall–Kier alpha value is -2.93. The van der Waals surface area contributed by atoms with Gasteiger partial charge in [0.1, 0.15) is 6.61 Å². The molecule has 2 amide bonds. The van der Waals surface area contributed by atoms with Crippen molar-refractivity contribution >= 4 is 57.9 Å². The Morgan fingerprint density at radius 2 is 1.70 bits per heavy atom. The van der Waals surface area contributed by atoms with Gasteiger partial charge in [-0.25, -0.2) is 4.90 Å². The van der Waals surface area contributed by atoms with Gasteiger partial charge in [0.15, 0.2) is 11.5 Å². The third kappa shape index (κ3) is 5.53. The van der Waals surface area contributed by atoms with Crippen LogP contribution in [0.5, 0.6) is 11.5 Å². The highest BCUT2D eigenvalue weighted by Gasteiger charge is 2.36. The molecule has 3 aromatic carbocycles. The van der Waals surface area contributed by atoms with Crippen LogP contribution >= 0.6 is 35.0 Å². The van der Waals surface area contributed by atoms with Crippen molar-refractivity contribution in [3.05, 3.63) is 92.8 Å². The Balaban J connectivity index is 1.55. The molecule has 0 atom stereocenters. The molecule has 5 nitrogen and oxygen atoms in total. The van der Waals surface area contributed by atoms with E-state index in [4.69, 9.17) is 32.7 Å². The van der Waals surface area contributed by atoms with Gasteiger partial charge in [0, 0.05) is 10.0 Å². The van der Waals surface area contributed by atoms with E-state index < -0.39 is 5.91 Å². The molecule has 1 saturated heterocycles. The van der Waals surface area contributed by atoms with Crippen molar-refractivity contribution in [3.8, 4) is 11.5 Å². The van der Waals surface area contributed by atoms with Crippen LogP contribution in [0.4, 0.5) is 10.5 Å². The van der Waals surface area contributed by atoms with Crippen LogP contribution in [0.1, 0.15) is 18.1 Å². The molecule has 33 heavy (non-hydrogen) atoms. The van der Waals surface area contributed by atoms with Crippen molar-refractivity contribution in [3.63, 3.8) is 0 Å². The second-order valence-corrected chi connectivity index (χ2v) is 8.92. The topological polar surface area (TPSA) is 55.8 Å². The second-order valence-electron chi connectivity index (χ2n) is 7.05. The molecule has 8 heteroatoms. The summed E-state index contributed by atoms with van der Waals surface area (Å²) in [5.74, 6) is 0.735. The van der Waals surface area contributed by atoms with Gasteiger partial charge >= 0.3 is 0 Å². The van der Waals surface area contributed by atoms with Crippen molar-refractivity contribution in [2.45, 2.75) is 13.5 Å². The smallest absolute Gasteiger partial charge is 0.298 e. The minimum Gasteiger partial charge on any atom is -0.490 e. The summed E-state index contributed by atoms with van der Waals surface area (Å²) in [6, 6.07) is 19.4. The van der Waals surface area contributed by atoms with Crippen molar-refractivity contribution in [2.24, 2.45) is 0 Å². The number of imide groups is 1. The van der Waals surface area contributed by atoms with Gasteiger partial charge in [-0.05, 0) is 78.4 Å². The minimum absolute atomic E-state index is 0.317. The van der Waals surface area contributed by atoms with Crippen LogP contribution in [0, 0.1) is 0 Å². The van der Waals surface area contributed by atoms with E-state index in [0.29, 0.717) is 50.9 Å². The Morgan fingerprint density at radius 1 is 0.909 bits per heavy atom. The third-order valence-electron chi connectivity index (χ3n) is 4.73. The Kier molecular flexibility index (Phi) is 7.28. The van der Waals surface area contributed by atoms with E-state index in [2.05, 4.69) is 0 Å². The lowest BCUT2D eigenvalue weighted by atomic mass is 10.1. The molecule has 3 aromatic rings. The molecule has 0 radical (unpaired) electrons. The lowest BCUT2D eigenvalue weighted by molar-refractivity contribution is -0.113. The third-order valence-corrected chi connectivity index (χ3v) is 6.09. The van der Waals surface area contributed by atoms with Crippen LogP contribution < -0.4 is 14.4 Å². The average Bonchev–Trinajstić information content (AvgIpc) is 3.07. The Labute approximate surface area is 205 Å². The molecule has 1 heterocycles. The van der Waals surface area contributed by atoms with Gasteiger partial charge in [0.25, 0.3) is 11.1 Å². The quantitative estimate of drug-likeness (QED) is 0.321. The first kappa shape index (κ1) is 23.2. The number of benzene rings is 3. The monoisotopic (exact) mass is 499 g/mol. The number of carbonyl (C=O) groups excluding carboxylic acids is 2. The van der Waals surface area contributed by atoms with Gasteiger partial charge in [-0.2, -0.15) is 0 Å². The zero-order valence-electron chi connectivity index (χ0n) is 17.6. The molecule has 0 spiro atoms. The zero-order valence-corrected chi connectivity index (χ0v) is 19.9. The molecule has 0 aliphatic carbocycles. The van der Waals surface area contributed by atoms with Crippen molar-refractivity contribution in [2.75, 3.05) is 11.5 Å². The molecule has 0 unspecified atom stereocenters. The maximum atomic E-state index is 12.9. The summed E-state index contributed by atoms with van der Waals surface area (Å²) in [5.41, 5.74) is 2.13. The molecular formula is C25H19Cl2NO4S. The molecule has 1 aliphatic rings. The van der Waals surface area contributed by atoms with Gasteiger partial charge in [-0.1, -0.05) is 47.5 Å². The maximum absolute atomic E-state index is 12.9. The number of anilines is 1. The minimum atomic E-state index is -0.395. The van der Waals surface area contributed by atoms with Crippen LogP contribution in [0.2, 0.25) is 10.0 Å². The summed E-state index contributed by atoms with van der Waals surface area (Å²) in [6.45, 7) is 2.69. The molecular weight excluding hydrogens is 481 g/mol. The lowest BCUT2D eigenvalue weighted by Gasteiger charge is -2.13. The summed E-state index contributed by atoms with van der Waals surface area (Å²) in [4.78, 5) is 26.8. The van der Waals surface area contributed by atoms with Gasteiger partial charge in [-0.15, -0.1) is 0 Å². The number of ether oxygens (including phenoxy) is 2. The summed E-state index contributed by atoms with van der Waals surface area (Å²) >= 11 is 12.8. The lowest BCUT2D eigenvalue weighted by Crippen LogP contribution is -2.27. The van der Waals surface area contributed by atoms with Crippen LogP contribution in [0.15, 0.2) is 71.6 Å². The second kappa shape index (κ2) is 10.3. The van der Waals surface area contributed by atoms with Crippen LogP contribution in [-0.2, 0) is 11.4 Å². The summed E-state index contributed by atoms with van der Waals surface area (Å²) in [5, 5.41) is 0.741. The molecule has 168 valence electrons. The highest BCUT2D eigenvalue weighted by atomic mass is 35.5. The largest absolute Gasteiger partial charge is 0.490 e. The normalized spacial score (nSPS) is 14.8. The SMILES string of the molecule is CCOc1cc(/C=C2/SC(=O)N(c3cccc(Cl)c3)C2=O)ccc1OCc1ccc(Cl)cc1. The first-order chi connectivity index (χ1) is 15.9. The standard InChI is InChI=1S/C25H19Cl2NO4S/c1-2-31-22-12-17(8-11-21(22)32-15-16-6-9-18(26)10-7-16)13-23-24(29)28(25(30)33-23)20-5-3-4-19(27)14-20/h3-14H,2,15H2,1H3/b23-13+. The van der Waals surface area contributed by atoms with E-state index in [0.717, 1.165) is 22.2 Å². The number of rotatable bonds is 7. The van der Waals surface area contributed by atoms with Crippen molar-refractivity contribution < 1.29 is 19.1 Å². The first-order valence-corrected chi connectivity index (χ1v) is 11.7. The highest BCUT2D eigenvalue weighted by Crippen LogP contribution is 2.37. The molecule has 1 fully saturated rings. The number of carbonyl (C=O) groups is 2. The number of halogens is 2. The van der Waals surface area contributed by atoms with Crippen molar-refractivity contribution in [1.29, 1.82) is 0 Å². The maximum Gasteiger partial charge on any atom is 0.298 e. The van der Waals surface area contributed by atoms with Crippen molar-refractivity contribution in [1.82, 2.24) is 0 Å². The van der Waals surface area contributed by atoms with E-state index in [1.807, 2.05) is 37.3 Å². The van der Waals surface area contributed by atoms with E-state index >= 15 is 0 Å². The van der Waals surface area contributed by atoms with Crippen LogP contribution in [-0.4, -0.2) is 17.8 Å². The van der Waals surface area contributed by atoms with E-state index in [-0.39, 0.29) is 5.24 Å².